The summed E-state index contributed by atoms with van der Waals surface area (Å²) in [7, 11) is 0. The van der Waals surface area contributed by atoms with Crippen molar-refractivity contribution in [2.75, 3.05) is 0 Å². The molecule has 0 spiro atoms. The molecule has 0 aliphatic rings. The molecule has 20 heavy (non-hydrogen) atoms. The van der Waals surface area contributed by atoms with Gasteiger partial charge in [-0.3, -0.25) is 4.68 Å². The smallest absolute Gasteiger partial charge is 0.336 e. The number of carboxylic acid groups (broad SMARTS) is 1. The van der Waals surface area contributed by atoms with Crippen LogP contribution in [0.25, 0.3) is 0 Å². The molecule has 0 fully saturated rings. The fraction of sp³-hybridized carbons (Fsp3) is 0.333. The predicted molar refractivity (Wildman–Crippen MR) is 75.1 cm³/mol. The Kier molecular flexibility index (Phi) is 4.08. The van der Waals surface area contributed by atoms with E-state index in [1.165, 1.54) is 0 Å². The van der Waals surface area contributed by atoms with E-state index < -0.39 is 5.97 Å². The number of aryl methyl sites for hydroxylation is 2. The summed E-state index contributed by atoms with van der Waals surface area (Å²) in [5.74, 6) is -0.353. The predicted octanol–water partition coefficient (Wildman–Crippen LogP) is 2.80. The quantitative estimate of drug-likeness (QED) is 0.910. The number of hydrogen-bond acceptors (Lipinski definition) is 3. The minimum Gasteiger partial charge on any atom is -0.487 e. The fourth-order valence-electron chi connectivity index (χ4n) is 2.14. The molecule has 2 aromatic rings. The number of hydrogen-bond donors (Lipinski definition) is 1. The van der Waals surface area contributed by atoms with Crippen molar-refractivity contribution < 1.29 is 14.6 Å². The lowest BCUT2D eigenvalue weighted by Crippen LogP contribution is -2.07. The van der Waals surface area contributed by atoms with Gasteiger partial charge in [0.1, 0.15) is 12.4 Å². The summed E-state index contributed by atoms with van der Waals surface area (Å²) >= 11 is 0. The molecule has 0 aliphatic heterocycles. The van der Waals surface area contributed by atoms with Gasteiger partial charge in [-0.15, -0.1) is 0 Å². The van der Waals surface area contributed by atoms with Gasteiger partial charge in [0, 0.05) is 12.1 Å². The van der Waals surface area contributed by atoms with Crippen molar-refractivity contribution in [3.05, 3.63) is 46.8 Å². The van der Waals surface area contributed by atoms with Gasteiger partial charge in [-0.25, -0.2) is 4.79 Å². The Morgan fingerprint density at radius 1 is 1.40 bits per heavy atom. The van der Waals surface area contributed by atoms with E-state index in [0.717, 1.165) is 17.9 Å². The molecule has 0 atom stereocenters. The molecule has 1 aromatic heterocycles. The van der Waals surface area contributed by atoms with Gasteiger partial charge in [0.2, 0.25) is 0 Å². The average molecular weight is 274 g/mol. The first kappa shape index (κ1) is 14.1. The highest BCUT2D eigenvalue weighted by atomic mass is 16.5. The third-order valence-electron chi connectivity index (χ3n) is 3.18. The highest BCUT2D eigenvalue weighted by Gasteiger charge is 2.12. The fourth-order valence-corrected chi connectivity index (χ4v) is 2.14. The molecular formula is C15H18N2O3. The van der Waals surface area contributed by atoms with Crippen molar-refractivity contribution in [3.63, 3.8) is 0 Å². The molecule has 0 aliphatic carbocycles. The van der Waals surface area contributed by atoms with Crippen LogP contribution < -0.4 is 4.74 Å². The number of rotatable bonds is 5. The van der Waals surface area contributed by atoms with E-state index in [9.17, 15) is 4.79 Å². The van der Waals surface area contributed by atoms with Crippen LogP contribution in [0.1, 0.15) is 34.2 Å². The highest BCUT2D eigenvalue weighted by Crippen LogP contribution is 2.22. The van der Waals surface area contributed by atoms with E-state index in [2.05, 4.69) is 5.10 Å². The number of aromatic carboxylic acids is 1. The molecule has 0 saturated heterocycles. The number of aromatic nitrogens is 2. The van der Waals surface area contributed by atoms with E-state index in [4.69, 9.17) is 9.84 Å². The Morgan fingerprint density at radius 2 is 2.15 bits per heavy atom. The van der Waals surface area contributed by atoms with E-state index in [-0.39, 0.29) is 5.56 Å². The van der Waals surface area contributed by atoms with Gasteiger partial charge in [-0.05, 0) is 39.0 Å². The third-order valence-corrected chi connectivity index (χ3v) is 3.18. The Bertz CT molecular complexity index is 632. The van der Waals surface area contributed by atoms with Crippen LogP contribution in [-0.4, -0.2) is 20.9 Å². The van der Waals surface area contributed by atoms with E-state index in [0.29, 0.717) is 17.9 Å². The highest BCUT2D eigenvalue weighted by molar-refractivity contribution is 5.90. The second kappa shape index (κ2) is 5.77. The minimum atomic E-state index is -0.942. The SMILES string of the molecule is CCn1nc(C)cc1COc1cccc(C(=O)O)c1C. The molecule has 5 heteroatoms. The Labute approximate surface area is 117 Å². The van der Waals surface area contributed by atoms with Gasteiger partial charge in [0.05, 0.1) is 17.0 Å². The van der Waals surface area contributed by atoms with Crippen LogP contribution in [0.4, 0.5) is 0 Å². The van der Waals surface area contributed by atoms with E-state index >= 15 is 0 Å². The van der Waals surface area contributed by atoms with Crippen molar-refractivity contribution in [1.29, 1.82) is 0 Å². The summed E-state index contributed by atoms with van der Waals surface area (Å²) < 4.78 is 7.63. The number of carboxylic acids is 1. The maximum absolute atomic E-state index is 11.1. The van der Waals surface area contributed by atoms with E-state index in [1.807, 2.05) is 24.6 Å². The maximum atomic E-state index is 11.1. The lowest BCUT2D eigenvalue weighted by molar-refractivity contribution is 0.0695. The third kappa shape index (κ3) is 2.82. The Balaban J connectivity index is 2.19. The number of benzene rings is 1. The molecule has 0 unspecified atom stereocenters. The summed E-state index contributed by atoms with van der Waals surface area (Å²) in [5, 5.41) is 13.4. The summed E-state index contributed by atoms with van der Waals surface area (Å²) in [6.07, 6.45) is 0. The molecule has 0 radical (unpaired) electrons. The first-order valence-electron chi connectivity index (χ1n) is 6.52. The second-order valence-electron chi connectivity index (χ2n) is 4.62. The molecule has 5 nitrogen and oxygen atoms in total. The van der Waals surface area contributed by atoms with Gasteiger partial charge < -0.3 is 9.84 Å². The largest absolute Gasteiger partial charge is 0.487 e. The van der Waals surface area contributed by atoms with Gasteiger partial charge >= 0.3 is 5.97 Å². The maximum Gasteiger partial charge on any atom is 0.336 e. The summed E-state index contributed by atoms with van der Waals surface area (Å²) in [6, 6.07) is 7.01. The zero-order chi connectivity index (χ0) is 14.7. The monoisotopic (exact) mass is 274 g/mol. The van der Waals surface area contributed by atoms with Crippen LogP contribution in [0.5, 0.6) is 5.75 Å². The first-order valence-corrected chi connectivity index (χ1v) is 6.52. The Morgan fingerprint density at radius 3 is 2.80 bits per heavy atom. The molecule has 0 bridgehead atoms. The minimum absolute atomic E-state index is 0.266. The lowest BCUT2D eigenvalue weighted by atomic mass is 10.1. The van der Waals surface area contributed by atoms with Gasteiger partial charge in [0.25, 0.3) is 0 Å². The first-order chi connectivity index (χ1) is 9.52. The standard InChI is InChI=1S/C15H18N2O3/c1-4-17-12(8-10(2)16-17)9-20-14-7-5-6-13(11(14)3)15(18)19/h5-8H,4,9H2,1-3H3,(H,18,19). The topological polar surface area (TPSA) is 64.4 Å². The van der Waals surface area contributed by atoms with E-state index in [1.54, 1.807) is 25.1 Å². The molecule has 1 heterocycles. The molecule has 2 rings (SSSR count). The molecule has 1 aromatic carbocycles. The molecule has 0 amide bonds. The van der Waals surface area contributed by atoms with Gasteiger partial charge in [-0.2, -0.15) is 5.10 Å². The molecule has 106 valence electrons. The van der Waals surface area contributed by atoms with Crippen LogP contribution in [0.15, 0.2) is 24.3 Å². The number of ether oxygens (including phenoxy) is 1. The van der Waals surface area contributed by atoms with Crippen molar-refractivity contribution >= 4 is 5.97 Å². The van der Waals surface area contributed by atoms with Crippen LogP contribution in [0.3, 0.4) is 0 Å². The Hall–Kier alpha value is -2.30. The van der Waals surface area contributed by atoms with Crippen LogP contribution in [0, 0.1) is 13.8 Å². The zero-order valence-corrected chi connectivity index (χ0v) is 11.9. The number of nitrogens with zero attached hydrogens (tertiary/aromatic N) is 2. The van der Waals surface area contributed by atoms with Crippen molar-refractivity contribution in [1.82, 2.24) is 9.78 Å². The lowest BCUT2D eigenvalue weighted by Gasteiger charge is -2.11. The second-order valence-corrected chi connectivity index (χ2v) is 4.62. The van der Waals surface area contributed by atoms with Crippen LogP contribution in [0.2, 0.25) is 0 Å². The zero-order valence-electron chi connectivity index (χ0n) is 11.9. The molecular weight excluding hydrogens is 256 g/mol. The van der Waals surface area contributed by atoms with Crippen molar-refractivity contribution in [2.24, 2.45) is 0 Å². The molecule has 1 N–H and O–H groups in total. The van der Waals surface area contributed by atoms with Crippen LogP contribution >= 0.6 is 0 Å². The summed E-state index contributed by atoms with van der Waals surface area (Å²) in [6.45, 7) is 6.86. The summed E-state index contributed by atoms with van der Waals surface area (Å²) in [5.41, 5.74) is 2.83. The summed E-state index contributed by atoms with van der Waals surface area (Å²) in [4.78, 5) is 11.1. The van der Waals surface area contributed by atoms with Crippen molar-refractivity contribution in [3.8, 4) is 5.75 Å². The normalized spacial score (nSPS) is 10.6. The average Bonchev–Trinajstić information content (AvgIpc) is 2.77. The van der Waals surface area contributed by atoms with Crippen LogP contribution in [-0.2, 0) is 13.2 Å². The van der Waals surface area contributed by atoms with Gasteiger partial charge in [-0.1, -0.05) is 6.07 Å². The van der Waals surface area contributed by atoms with Crippen molar-refractivity contribution in [2.45, 2.75) is 33.9 Å². The number of carbonyl (C=O) groups is 1. The molecule has 0 saturated carbocycles. The van der Waals surface area contributed by atoms with Gasteiger partial charge in [0.15, 0.2) is 0 Å².